The number of carbonyl (C=O) groups excluding carboxylic acids is 2. The first kappa shape index (κ1) is 16.3. The van der Waals surface area contributed by atoms with Crippen LogP contribution < -0.4 is 4.74 Å². The van der Waals surface area contributed by atoms with Gasteiger partial charge in [-0.15, -0.1) is 0 Å². The lowest BCUT2D eigenvalue weighted by atomic mass is 10.2. The van der Waals surface area contributed by atoms with E-state index in [-0.39, 0.29) is 11.8 Å². The normalized spacial score (nSPS) is 16.3. The molecule has 24 heavy (non-hydrogen) atoms. The lowest BCUT2D eigenvalue weighted by molar-refractivity contribution is -0.143. The van der Waals surface area contributed by atoms with Crippen molar-refractivity contribution < 1.29 is 18.7 Å². The zero-order valence-corrected chi connectivity index (χ0v) is 14.1. The SMILES string of the molecule is CC(=O)N1CCN(C(=O)C(C)Oc2cccc3oc(C)nc23)CC1. The average Bonchev–Trinajstić information content (AvgIpc) is 2.95. The van der Waals surface area contributed by atoms with Gasteiger partial charge in [0.1, 0.15) is 5.75 Å². The number of oxazole rings is 1. The van der Waals surface area contributed by atoms with Crippen molar-refractivity contribution in [3.8, 4) is 5.75 Å². The van der Waals surface area contributed by atoms with Gasteiger partial charge in [-0.05, 0) is 19.1 Å². The molecule has 1 aromatic heterocycles. The van der Waals surface area contributed by atoms with Crippen molar-refractivity contribution in [1.82, 2.24) is 14.8 Å². The van der Waals surface area contributed by atoms with E-state index < -0.39 is 6.10 Å². The Labute approximate surface area is 140 Å². The van der Waals surface area contributed by atoms with Gasteiger partial charge in [-0.3, -0.25) is 9.59 Å². The number of aromatic nitrogens is 1. The van der Waals surface area contributed by atoms with Crippen molar-refractivity contribution in [2.45, 2.75) is 26.9 Å². The highest BCUT2D eigenvalue weighted by atomic mass is 16.5. The first-order valence-corrected chi connectivity index (χ1v) is 8.03. The number of piperazine rings is 1. The molecule has 1 aliphatic rings. The fourth-order valence-corrected chi connectivity index (χ4v) is 2.87. The Morgan fingerprint density at radius 1 is 1.21 bits per heavy atom. The van der Waals surface area contributed by atoms with E-state index in [1.54, 1.807) is 36.6 Å². The summed E-state index contributed by atoms with van der Waals surface area (Å²) in [6, 6.07) is 5.41. The van der Waals surface area contributed by atoms with Crippen LogP contribution in [0, 0.1) is 6.92 Å². The van der Waals surface area contributed by atoms with Crippen LogP contribution in [0.25, 0.3) is 11.1 Å². The number of amides is 2. The van der Waals surface area contributed by atoms with Crippen LogP contribution in [0.2, 0.25) is 0 Å². The molecule has 1 saturated heterocycles. The van der Waals surface area contributed by atoms with Crippen LogP contribution in [0.4, 0.5) is 0 Å². The van der Waals surface area contributed by atoms with Gasteiger partial charge in [0, 0.05) is 40.0 Å². The summed E-state index contributed by atoms with van der Waals surface area (Å²) < 4.78 is 11.3. The highest BCUT2D eigenvalue weighted by Gasteiger charge is 2.27. The third-order valence-electron chi connectivity index (χ3n) is 4.18. The molecule has 1 fully saturated rings. The average molecular weight is 331 g/mol. The molecule has 3 rings (SSSR count). The summed E-state index contributed by atoms with van der Waals surface area (Å²) >= 11 is 0. The van der Waals surface area contributed by atoms with Crippen LogP contribution in [-0.4, -0.2) is 58.9 Å². The third kappa shape index (κ3) is 3.20. The summed E-state index contributed by atoms with van der Waals surface area (Å²) in [5, 5.41) is 0. The number of hydrogen-bond donors (Lipinski definition) is 0. The van der Waals surface area contributed by atoms with Gasteiger partial charge in [0.25, 0.3) is 5.91 Å². The minimum Gasteiger partial charge on any atom is -0.478 e. The molecule has 1 atom stereocenters. The van der Waals surface area contributed by atoms with Crippen molar-refractivity contribution in [2.24, 2.45) is 0 Å². The van der Waals surface area contributed by atoms with Gasteiger partial charge in [0.2, 0.25) is 5.91 Å². The predicted octanol–water partition coefficient (Wildman–Crippen LogP) is 1.59. The minimum atomic E-state index is -0.628. The van der Waals surface area contributed by atoms with E-state index in [2.05, 4.69) is 4.98 Å². The molecule has 2 heterocycles. The second-order valence-corrected chi connectivity index (χ2v) is 5.93. The number of hydrogen-bond acceptors (Lipinski definition) is 5. The Bertz CT molecular complexity index is 762. The second kappa shape index (κ2) is 6.51. The summed E-state index contributed by atoms with van der Waals surface area (Å²) in [4.78, 5) is 31.7. The van der Waals surface area contributed by atoms with E-state index in [0.717, 1.165) is 0 Å². The van der Waals surface area contributed by atoms with Crippen molar-refractivity contribution in [3.05, 3.63) is 24.1 Å². The quantitative estimate of drug-likeness (QED) is 0.854. The van der Waals surface area contributed by atoms with Crippen LogP contribution in [0.5, 0.6) is 5.75 Å². The molecule has 0 saturated carbocycles. The molecule has 1 unspecified atom stereocenters. The van der Waals surface area contributed by atoms with E-state index in [0.29, 0.717) is 48.9 Å². The van der Waals surface area contributed by atoms with E-state index in [9.17, 15) is 9.59 Å². The number of nitrogens with zero attached hydrogens (tertiary/aromatic N) is 3. The van der Waals surface area contributed by atoms with Crippen LogP contribution in [-0.2, 0) is 9.59 Å². The Morgan fingerprint density at radius 3 is 2.54 bits per heavy atom. The number of carbonyl (C=O) groups is 2. The van der Waals surface area contributed by atoms with Crippen LogP contribution in [0.3, 0.4) is 0 Å². The maximum atomic E-state index is 12.6. The molecule has 0 bridgehead atoms. The zero-order valence-electron chi connectivity index (χ0n) is 14.1. The topological polar surface area (TPSA) is 75.9 Å². The van der Waals surface area contributed by atoms with Gasteiger partial charge in [0.05, 0.1) is 0 Å². The molecular weight excluding hydrogens is 310 g/mol. The molecule has 7 heteroatoms. The first-order chi connectivity index (χ1) is 11.5. The highest BCUT2D eigenvalue weighted by Crippen LogP contribution is 2.26. The van der Waals surface area contributed by atoms with Crippen molar-refractivity contribution in [1.29, 1.82) is 0 Å². The van der Waals surface area contributed by atoms with Gasteiger partial charge >= 0.3 is 0 Å². The Kier molecular flexibility index (Phi) is 4.42. The Morgan fingerprint density at radius 2 is 1.88 bits per heavy atom. The van der Waals surface area contributed by atoms with Gasteiger partial charge in [-0.2, -0.15) is 0 Å². The Hall–Kier alpha value is -2.57. The molecule has 7 nitrogen and oxygen atoms in total. The zero-order chi connectivity index (χ0) is 17.3. The fourth-order valence-electron chi connectivity index (χ4n) is 2.87. The standard InChI is InChI=1S/C17H21N3O4/c1-11(17(22)20-9-7-19(8-10-20)13(3)21)23-14-5-4-6-15-16(14)18-12(2)24-15/h4-6,11H,7-10H2,1-3H3. The number of fused-ring (bicyclic) bond motifs is 1. The molecule has 2 amide bonds. The summed E-state index contributed by atoms with van der Waals surface area (Å²) in [6.45, 7) is 7.22. The van der Waals surface area contributed by atoms with Gasteiger partial charge in [-0.1, -0.05) is 6.07 Å². The summed E-state index contributed by atoms with van der Waals surface area (Å²) in [5.74, 6) is 1.04. The van der Waals surface area contributed by atoms with Crippen LogP contribution in [0.1, 0.15) is 19.7 Å². The monoisotopic (exact) mass is 331 g/mol. The van der Waals surface area contributed by atoms with E-state index >= 15 is 0 Å². The summed E-state index contributed by atoms with van der Waals surface area (Å²) in [6.07, 6.45) is -0.628. The summed E-state index contributed by atoms with van der Waals surface area (Å²) in [7, 11) is 0. The molecule has 1 aliphatic heterocycles. The van der Waals surface area contributed by atoms with Crippen molar-refractivity contribution in [2.75, 3.05) is 26.2 Å². The smallest absolute Gasteiger partial charge is 0.263 e. The molecule has 0 N–H and O–H groups in total. The molecule has 2 aromatic rings. The number of ether oxygens (including phenoxy) is 1. The second-order valence-electron chi connectivity index (χ2n) is 5.93. The van der Waals surface area contributed by atoms with Crippen LogP contribution in [0.15, 0.2) is 22.6 Å². The van der Waals surface area contributed by atoms with E-state index in [1.165, 1.54) is 0 Å². The largest absolute Gasteiger partial charge is 0.478 e. The first-order valence-electron chi connectivity index (χ1n) is 8.03. The number of para-hydroxylation sites is 1. The highest BCUT2D eigenvalue weighted by molar-refractivity contribution is 5.83. The maximum Gasteiger partial charge on any atom is 0.263 e. The minimum absolute atomic E-state index is 0.0412. The molecular formula is C17H21N3O4. The van der Waals surface area contributed by atoms with Gasteiger partial charge in [0.15, 0.2) is 23.1 Å². The molecule has 0 aliphatic carbocycles. The Balaban J connectivity index is 1.67. The maximum absolute atomic E-state index is 12.6. The van der Waals surface area contributed by atoms with Gasteiger partial charge < -0.3 is 19.0 Å². The lowest BCUT2D eigenvalue weighted by Gasteiger charge is -2.35. The lowest BCUT2D eigenvalue weighted by Crippen LogP contribution is -2.52. The van der Waals surface area contributed by atoms with E-state index in [4.69, 9.17) is 9.15 Å². The third-order valence-corrected chi connectivity index (χ3v) is 4.18. The molecule has 0 radical (unpaired) electrons. The molecule has 128 valence electrons. The van der Waals surface area contributed by atoms with Crippen molar-refractivity contribution in [3.63, 3.8) is 0 Å². The number of aryl methyl sites for hydroxylation is 1. The number of rotatable bonds is 3. The van der Waals surface area contributed by atoms with Gasteiger partial charge in [-0.25, -0.2) is 4.98 Å². The van der Waals surface area contributed by atoms with Crippen LogP contribution >= 0.6 is 0 Å². The number of benzene rings is 1. The summed E-state index contributed by atoms with van der Waals surface area (Å²) in [5.41, 5.74) is 1.26. The molecule has 0 spiro atoms. The predicted molar refractivity (Wildman–Crippen MR) is 87.7 cm³/mol. The van der Waals surface area contributed by atoms with Crippen molar-refractivity contribution >= 4 is 22.9 Å². The van der Waals surface area contributed by atoms with E-state index in [1.807, 2.05) is 12.1 Å². The fraction of sp³-hybridized carbons (Fsp3) is 0.471. The molecule has 1 aromatic carbocycles.